The molecule has 0 saturated carbocycles. The van der Waals surface area contributed by atoms with Crippen molar-refractivity contribution in [2.75, 3.05) is 22.1 Å². The third kappa shape index (κ3) is 6.12. The van der Waals surface area contributed by atoms with E-state index in [9.17, 15) is 22.4 Å². The second kappa shape index (κ2) is 8.29. The molecule has 0 aliphatic carbocycles. The zero-order valence-corrected chi connectivity index (χ0v) is 15.3. The van der Waals surface area contributed by atoms with E-state index in [1.165, 1.54) is 12.1 Å². The average Bonchev–Trinajstić information content (AvgIpc) is 2.51. The summed E-state index contributed by atoms with van der Waals surface area (Å²) in [5, 5.41) is 5.30. The van der Waals surface area contributed by atoms with Gasteiger partial charge in [-0.15, -0.1) is 0 Å². The molecule has 2 aromatic carbocycles. The van der Waals surface area contributed by atoms with Crippen molar-refractivity contribution in [3.05, 3.63) is 58.9 Å². The smallest absolute Gasteiger partial charge is 0.239 e. The summed E-state index contributed by atoms with van der Waals surface area (Å²) in [6.07, 6.45) is 0. The van der Waals surface area contributed by atoms with Crippen molar-refractivity contribution in [1.29, 1.82) is 0 Å². The van der Waals surface area contributed by atoms with Crippen molar-refractivity contribution >= 4 is 44.6 Å². The van der Waals surface area contributed by atoms with Gasteiger partial charge in [-0.05, 0) is 55.0 Å². The highest BCUT2D eigenvalue weighted by Gasteiger charge is 2.21. The zero-order chi connectivity index (χ0) is 19.3. The highest BCUT2D eigenvalue weighted by atomic mass is 35.5. The summed E-state index contributed by atoms with van der Waals surface area (Å²) in [7, 11) is -3.97. The van der Waals surface area contributed by atoms with E-state index in [4.69, 9.17) is 11.6 Å². The van der Waals surface area contributed by atoms with E-state index >= 15 is 0 Å². The van der Waals surface area contributed by atoms with Crippen LogP contribution in [-0.2, 0) is 19.4 Å². The first-order valence-corrected chi connectivity index (χ1v) is 9.66. The Morgan fingerprint density at radius 3 is 2.15 bits per heavy atom. The van der Waals surface area contributed by atoms with Crippen molar-refractivity contribution in [1.82, 2.24) is 0 Å². The highest BCUT2D eigenvalue weighted by Crippen LogP contribution is 2.19. The van der Waals surface area contributed by atoms with Gasteiger partial charge in [-0.25, -0.2) is 12.8 Å². The molecule has 6 nitrogen and oxygen atoms in total. The van der Waals surface area contributed by atoms with Crippen LogP contribution >= 0.6 is 11.6 Å². The highest BCUT2D eigenvalue weighted by molar-refractivity contribution is 7.92. The number of hydrogen-bond acceptors (Lipinski definition) is 4. The second-order valence-corrected chi connectivity index (χ2v) is 8.10. The maximum absolute atomic E-state index is 12.8. The minimum absolute atomic E-state index is 0.257. The summed E-state index contributed by atoms with van der Waals surface area (Å²) in [5.74, 6) is -3.76. The number of anilines is 2. The van der Waals surface area contributed by atoms with Crippen molar-refractivity contribution in [3.8, 4) is 0 Å². The Bertz CT molecular complexity index is 930. The molecule has 0 aromatic heterocycles. The Labute approximate surface area is 155 Å². The Hall–Kier alpha value is -2.45. The Balaban J connectivity index is 1.93. The molecule has 0 unspecified atom stereocenters. The fourth-order valence-electron chi connectivity index (χ4n) is 2.13. The molecule has 2 N–H and O–H groups in total. The lowest BCUT2D eigenvalue weighted by atomic mass is 10.2. The minimum Gasteiger partial charge on any atom is -0.325 e. The van der Waals surface area contributed by atoms with Crippen LogP contribution in [0, 0.1) is 12.7 Å². The van der Waals surface area contributed by atoms with Gasteiger partial charge < -0.3 is 10.6 Å². The first kappa shape index (κ1) is 19.9. The number of halogens is 2. The molecule has 2 amide bonds. The summed E-state index contributed by atoms with van der Waals surface area (Å²) >= 11 is 5.82. The SMILES string of the molecule is Cc1cc(Cl)ccc1NC(=O)CS(=O)(=O)CC(=O)Nc1ccc(F)cc1. The molecule has 0 saturated heterocycles. The summed E-state index contributed by atoms with van der Waals surface area (Å²) in [6.45, 7) is 1.71. The van der Waals surface area contributed by atoms with Crippen molar-refractivity contribution in [2.45, 2.75) is 6.92 Å². The van der Waals surface area contributed by atoms with Crippen LogP contribution in [0.15, 0.2) is 42.5 Å². The molecule has 0 heterocycles. The molecule has 0 bridgehead atoms. The van der Waals surface area contributed by atoms with Gasteiger partial charge in [0, 0.05) is 16.4 Å². The molecule has 2 aromatic rings. The maximum Gasteiger partial charge on any atom is 0.239 e. The third-order valence-corrected chi connectivity index (χ3v) is 4.93. The van der Waals surface area contributed by atoms with Gasteiger partial charge >= 0.3 is 0 Å². The summed E-state index contributed by atoms with van der Waals surface area (Å²) in [5.41, 5.74) is 1.37. The molecule has 0 fully saturated rings. The Morgan fingerprint density at radius 1 is 1.00 bits per heavy atom. The molecule has 2 rings (SSSR count). The maximum atomic E-state index is 12.8. The van der Waals surface area contributed by atoms with Gasteiger partial charge in [0.05, 0.1) is 0 Å². The molecule has 138 valence electrons. The van der Waals surface area contributed by atoms with E-state index in [0.29, 0.717) is 16.3 Å². The first-order chi connectivity index (χ1) is 12.1. The average molecular weight is 399 g/mol. The number of carbonyl (C=O) groups is 2. The van der Waals surface area contributed by atoms with Crippen molar-refractivity contribution in [2.24, 2.45) is 0 Å². The van der Waals surface area contributed by atoms with Crippen molar-refractivity contribution < 1.29 is 22.4 Å². The molecular formula is C17H16ClFN2O4S. The lowest BCUT2D eigenvalue weighted by Crippen LogP contribution is -2.30. The molecule has 0 spiro atoms. The van der Waals surface area contributed by atoms with Gasteiger partial charge in [-0.2, -0.15) is 0 Å². The number of sulfone groups is 1. The van der Waals surface area contributed by atoms with E-state index in [1.54, 1.807) is 25.1 Å². The molecule has 0 aliphatic heterocycles. The summed E-state index contributed by atoms with van der Waals surface area (Å²) in [6, 6.07) is 9.61. The van der Waals surface area contributed by atoms with Gasteiger partial charge in [-0.1, -0.05) is 11.6 Å². The van der Waals surface area contributed by atoms with Crippen LogP contribution < -0.4 is 10.6 Å². The molecule has 9 heteroatoms. The van der Waals surface area contributed by atoms with Crippen LogP contribution in [0.2, 0.25) is 5.02 Å². The minimum atomic E-state index is -3.97. The van der Waals surface area contributed by atoms with Gasteiger partial charge in [0.15, 0.2) is 9.84 Å². The van der Waals surface area contributed by atoms with Gasteiger partial charge in [0.2, 0.25) is 11.8 Å². The van der Waals surface area contributed by atoms with Crippen LogP contribution in [0.1, 0.15) is 5.56 Å². The monoisotopic (exact) mass is 398 g/mol. The Morgan fingerprint density at radius 2 is 1.58 bits per heavy atom. The van der Waals surface area contributed by atoms with E-state index in [2.05, 4.69) is 10.6 Å². The fourth-order valence-corrected chi connectivity index (χ4v) is 3.41. The van der Waals surface area contributed by atoms with Crippen LogP contribution in [0.3, 0.4) is 0 Å². The predicted molar refractivity (Wildman–Crippen MR) is 98.5 cm³/mol. The molecule has 0 atom stereocenters. The molecule has 26 heavy (non-hydrogen) atoms. The number of benzene rings is 2. The summed E-state index contributed by atoms with van der Waals surface area (Å²) < 4.78 is 36.9. The standard InChI is InChI=1S/C17H16ClFN2O4S/c1-11-8-12(18)2-7-15(11)21-17(23)10-26(24,25)9-16(22)20-14-5-3-13(19)4-6-14/h2-8H,9-10H2,1H3,(H,20,22)(H,21,23). The van der Waals surface area contributed by atoms with Crippen LogP contribution in [-0.4, -0.2) is 31.7 Å². The number of aryl methyl sites for hydroxylation is 1. The predicted octanol–water partition coefficient (Wildman–Crippen LogP) is 2.78. The number of carbonyl (C=O) groups excluding carboxylic acids is 2. The van der Waals surface area contributed by atoms with E-state index in [-0.39, 0.29) is 5.69 Å². The number of hydrogen-bond donors (Lipinski definition) is 2. The lowest BCUT2D eigenvalue weighted by Gasteiger charge is -2.09. The van der Waals surface area contributed by atoms with Gasteiger partial charge in [-0.3, -0.25) is 9.59 Å². The molecule has 0 aliphatic rings. The lowest BCUT2D eigenvalue weighted by molar-refractivity contribution is -0.114. The van der Waals surface area contributed by atoms with Crippen LogP contribution in [0.25, 0.3) is 0 Å². The Kier molecular flexibility index (Phi) is 6.33. The zero-order valence-electron chi connectivity index (χ0n) is 13.8. The first-order valence-electron chi connectivity index (χ1n) is 7.46. The topological polar surface area (TPSA) is 92.3 Å². The van der Waals surface area contributed by atoms with Crippen molar-refractivity contribution in [3.63, 3.8) is 0 Å². The number of amides is 2. The normalized spacial score (nSPS) is 11.0. The van der Waals surface area contributed by atoms with E-state index in [1.807, 2.05) is 0 Å². The van der Waals surface area contributed by atoms with Gasteiger partial charge in [0.25, 0.3) is 0 Å². The quantitative estimate of drug-likeness (QED) is 0.782. The third-order valence-electron chi connectivity index (χ3n) is 3.29. The van der Waals surface area contributed by atoms with Crippen LogP contribution in [0.4, 0.5) is 15.8 Å². The van der Waals surface area contributed by atoms with Crippen LogP contribution in [0.5, 0.6) is 0 Å². The second-order valence-electron chi connectivity index (χ2n) is 5.59. The largest absolute Gasteiger partial charge is 0.325 e. The van der Waals surface area contributed by atoms with E-state index in [0.717, 1.165) is 12.1 Å². The van der Waals surface area contributed by atoms with Gasteiger partial charge in [0.1, 0.15) is 17.3 Å². The molecular weight excluding hydrogens is 383 g/mol. The fraction of sp³-hybridized carbons (Fsp3) is 0.176. The van der Waals surface area contributed by atoms with E-state index < -0.39 is 39.0 Å². The number of rotatable bonds is 6. The number of nitrogens with one attached hydrogen (secondary N) is 2. The summed E-state index contributed by atoms with van der Waals surface area (Å²) in [4.78, 5) is 23.8. The molecule has 0 radical (unpaired) electrons.